The molecule has 25 heavy (non-hydrogen) atoms. The Labute approximate surface area is 148 Å². The van der Waals surface area contributed by atoms with E-state index in [2.05, 4.69) is 29.5 Å². The van der Waals surface area contributed by atoms with Gasteiger partial charge in [-0.05, 0) is 36.6 Å². The first-order chi connectivity index (χ1) is 12.0. The minimum Gasteiger partial charge on any atom is -0.493 e. The maximum Gasteiger partial charge on any atom is 0.252 e. The molecule has 0 aliphatic carbocycles. The van der Waals surface area contributed by atoms with Gasteiger partial charge in [0.15, 0.2) is 11.5 Å². The van der Waals surface area contributed by atoms with Crippen molar-refractivity contribution in [2.45, 2.75) is 20.3 Å². The smallest absolute Gasteiger partial charge is 0.252 e. The molecule has 0 fully saturated rings. The topological polar surface area (TPSA) is 72.5 Å². The lowest BCUT2D eigenvalue weighted by Gasteiger charge is -2.11. The van der Waals surface area contributed by atoms with Crippen LogP contribution >= 0.6 is 0 Å². The second-order valence-corrected chi connectivity index (χ2v) is 6.07. The van der Waals surface area contributed by atoms with E-state index in [1.807, 2.05) is 18.2 Å². The minimum atomic E-state index is -0.106. The predicted octanol–water partition coefficient (Wildman–Crippen LogP) is 3.62. The Morgan fingerprint density at radius 3 is 2.48 bits per heavy atom. The number of aromatic nitrogens is 1. The van der Waals surface area contributed by atoms with Crippen molar-refractivity contribution in [1.29, 1.82) is 0 Å². The molecule has 6 nitrogen and oxygen atoms in total. The first kappa shape index (κ1) is 18.6. The molecule has 134 valence electrons. The summed E-state index contributed by atoms with van der Waals surface area (Å²) in [6, 6.07) is 9.04. The van der Waals surface area contributed by atoms with Gasteiger partial charge in [0.1, 0.15) is 5.82 Å². The lowest BCUT2D eigenvalue weighted by atomic mass is 10.1. The highest BCUT2D eigenvalue weighted by Crippen LogP contribution is 2.30. The van der Waals surface area contributed by atoms with Crippen LogP contribution in [0.25, 0.3) is 0 Å². The minimum absolute atomic E-state index is 0.106. The maximum absolute atomic E-state index is 12.0. The molecular formula is C19H25N3O3. The molecule has 0 unspecified atom stereocenters. The number of nitrogens with zero attached hydrogens (tertiary/aromatic N) is 1. The molecule has 1 heterocycles. The van der Waals surface area contributed by atoms with E-state index >= 15 is 0 Å². The Morgan fingerprint density at radius 1 is 1.12 bits per heavy atom. The van der Waals surface area contributed by atoms with Crippen LogP contribution in [0.15, 0.2) is 36.5 Å². The number of pyridine rings is 1. The number of carbonyl (C=O) groups excluding carboxylic acids is 1. The molecule has 0 saturated carbocycles. The van der Waals surface area contributed by atoms with E-state index < -0.39 is 0 Å². The van der Waals surface area contributed by atoms with Gasteiger partial charge in [0.05, 0.1) is 19.8 Å². The van der Waals surface area contributed by atoms with Crippen LogP contribution in [0.5, 0.6) is 11.5 Å². The number of methoxy groups -OCH3 is 2. The van der Waals surface area contributed by atoms with Crippen molar-refractivity contribution < 1.29 is 14.3 Å². The first-order valence-electron chi connectivity index (χ1n) is 8.26. The average molecular weight is 343 g/mol. The summed E-state index contributed by atoms with van der Waals surface area (Å²) in [5.41, 5.74) is 1.36. The third-order valence-electron chi connectivity index (χ3n) is 3.69. The molecule has 2 N–H and O–H groups in total. The molecule has 0 aliphatic heterocycles. The van der Waals surface area contributed by atoms with E-state index in [0.717, 1.165) is 12.1 Å². The SMILES string of the molecule is COc1ccc(Nc2ccc(C(=O)NCCC(C)C)cn2)cc1OC. The van der Waals surface area contributed by atoms with Crippen molar-refractivity contribution in [2.24, 2.45) is 5.92 Å². The molecule has 0 aliphatic rings. The van der Waals surface area contributed by atoms with Crippen LogP contribution in [0.4, 0.5) is 11.5 Å². The molecule has 2 aromatic rings. The summed E-state index contributed by atoms with van der Waals surface area (Å²) >= 11 is 0. The summed E-state index contributed by atoms with van der Waals surface area (Å²) in [4.78, 5) is 16.3. The zero-order chi connectivity index (χ0) is 18.2. The fourth-order valence-corrected chi connectivity index (χ4v) is 2.24. The van der Waals surface area contributed by atoms with Crippen molar-refractivity contribution >= 4 is 17.4 Å². The fourth-order valence-electron chi connectivity index (χ4n) is 2.24. The van der Waals surface area contributed by atoms with Crippen molar-refractivity contribution in [3.05, 3.63) is 42.1 Å². The Kier molecular flexibility index (Phi) is 6.62. The van der Waals surface area contributed by atoms with Crippen LogP contribution in [-0.4, -0.2) is 31.7 Å². The summed E-state index contributed by atoms with van der Waals surface area (Å²) in [5.74, 6) is 2.39. The maximum atomic E-state index is 12.0. The van der Waals surface area contributed by atoms with Gasteiger partial charge in [-0.2, -0.15) is 0 Å². The number of rotatable bonds is 8. The van der Waals surface area contributed by atoms with Gasteiger partial charge in [-0.1, -0.05) is 13.8 Å². The van der Waals surface area contributed by atoms with E-state index in [0.29, 0.717) is 35.3 Å². The summed E-state index contributed by atoms with van der Waals surface area (Å²) in [6.07, 6.45) is 2.52. The predicted molar refractivity (Wildman–Crippen MR) is 98.9 cm³/mol. The molecule has 2 rings (SSSR count). The zero-order valence-corrected chi connectivity index (χ0v) is 15.1. The third-order valence-corrected chi connectivity index (χ3v) is 3.69. The first-order valence-corrected chi connectivity index (χ1v) is 8.26. The molecular weight excluding hydrogens is 318 g/mol. The molecule has 0 bridgehead atoms. The van der Waals surface area contributed by atoms with Gasteiger partial charge in [-0.3, -0.25) is 4.79 Å². The van der Waals surface area contributed by atoms with Gasteiger partial charge in [0.2, 0.25) is 0 Å². The molecule has 0 saturated heterocycles. The summed E-state index contributed by atoms with van der Waals surface area (Å²) < 4.78 is 10.5. The van der Waals surface area contributed by atoms with Crippen LogP contribution in [0.2, 0.25) is 0 Å². The largest absolute Gasteiger partial charge is 0.493 e. The van der Waals surface area contributed by atoms with Crippen molar-refractivity contribution in [3.8, 4) is 11.5 Å². The molecule has 1 aromatic heterocycles. The third kappa shape index (κ3) is 5.38. The van der Waals surface area contributed by atoms with E-state index in [9.17, 15) is 4.79 Å². The Hall–Kier alpha value is -2.76. The number of carbonyl (C=O) groups is 1. The van der Waals surface area contributed by atoms with Crippen LogP contribution in [-0.2, 0) is 0 Å². The van der Waals surface area contributed by atoms with Crippen molar-refractivity contribution in [3.63, 3.8) is 0 Å². The van der Waals surface area contributed by atoms with Gasteiger partial charge < -0.3 is 20.1 Å². The van der Waals surface area contributed by atoms with Crippen molar-refractivity contribution in [2.75, 3.05) is 26.1 Å². The van der Waals surface area contributed by atoms with Crippen LogP contribution in [0.1, 0.15) is 30.6 Å². The number of benzene rings is 1. The summed E-state index contributed by atoms with van der Waals surface area (Å²) in [5, 5.41) is 6.07. The molecule has 0 atom stereocenters. The van der Waals surface area contributed by atoms with E-state index in [-0.39, 0.29) is 5.91 Å². The van der Waals surface area contributed by atoms with Crippen LogP contribution in [0.3, 0.4) is 0 Å². The molecule has 1 amide bonds. The Bertz CT molecular complexity index is 700. The van der Waals surface area contributed by atoms with Gasteiger partial charge in [0, 0.05) is 24.5 Å². The lowest BCUT2D eigenvalue weighted by molar-refractivity contribution is 0.0951. The van der Waals surface area contributed by atoms with E-state index in [1.165, 1.54) is 0 Å². The fraction of sp³-hybridized carbons (Fsp3) is 0.368. The van der Waals surface area contributed by atoms with Crippen LogP contribution < -0.4 is 20.1 Å². The van der Waals surface area contributed by atoms with Gasteiger partial charge in [-0.25, -0.2) is 4.98 Å². The zero-order valence-electron chi connectivity index (χ0n) is 15.1. The van der Waals surface area contributed by atoms with E-state index in [4.69, 9.17) is 9.47 Å². The second-order valence-electron chi connectivity index (χ2n) is 6.07. The number of amides is 1. The second kappa shape index (κ2) is 8.92. The Balaban J connectivity index is 1.99. The molecule has 6 heteroatoms. The number of anilines is 2. The number of hydrogen-bond donors (Lipinski definition) is 2. The van der Waals surface area contributed by atoms with Gasteiger partial charge in [0.25, 0.3) is 5.91 Å². The molecule has 1 aromatic carbocycles. The summed E-state index contributed by atoms with van der Waals surface area (Å²) in [6.45, 7) is 4.92. The standard InChI is InChI=1S/C19H25N3O3/c1-13(2)9-10-20-19(23)14-5-8-18(21-12-14)22-15-6-7-16(24-3)17(11-15)25-4/h5-8,11-13H,9-10H2,1-4H3,(H,20,23)(H,21,22). The number of ether oxygens (including phenoxy) is 2. The van der Waals surface area contributed by atoms with Gasteiger partial charge in [-0.15, -0.1) is 0 Å². The van der Waals surface area contributed by atoms with Crippen molar-refractivity contribution in [1.82, 2.24) is 10.3 Å². The van der Waals surface area contributed by atoms with Gasteiger partial charge >= 0.3 is 0 Å². The van der Waals surface area contributed by atoms with E-state index in [1.54, 1.807) is 32.5 Å². The number of hydrogen-bond acceptors (Lipinski definition) is 5. The monoisotopic (exact) mass is 343 g/mol. The average Bonchev–Trinajstić information content (AvgIpc) is 2.61. The highest BCUT2D eigenvalue weighted by atomic mass is 16.5. The highest BCUT2D eigenvalue weighted by molar-refractivity contribution is 5.94. The normalized spacial score (nSPS) is 10.4. The quantitative estimate of drug-likeness (QED) is 0.766. The molecule has 0 radical (unpaired) electrons. The highest BCUT2D eigenvalue weighted by Gasteiger charge is 2.08. The number of nitrogens with one attached hydrogen (secondary N) is 2. The van der Waals surface area contributed by atoms with Crippen LogP contribution in [0, 0.1) is 5.92 Å². The Morgan fingerprint density at radius 2 is 1.88 bits per heavy atom. The molecule has 0 spiro atoms. The lowest BCUT2D eigenvalue weighted by Crippen LogP contribution is -2.25. The summed E-state index contributed by atoms with van der Waals surface area (Å²) in [7, 11) is 3.18.